The van der Waals surface area contributed by atoms with Crippen LogP contribution < -0.4 is 0 Å². The minimum Gasteiger partial charge on any atom is -0.463 e. The molecule has 0 saturated heterocycles. The van der Waals surface area contributed by atoms with Crippen molar-refractivity contribution >= 4 is 23.5 Å². The van der Waals surface area contributed by atoms with E-state index in [-0.39, 0.29) is 37.6 Å². The molecule has 20 heavy (non-hydrogen) atoms. The van der Waals surface area contributed by atoms with Gasteiger partial charge in [0.25, 0.3) is 0 Å². The monoisotopic (exact) mass is 280 g/mol. The standard InChI is InChI=1S/C14H16O6/c15-11-3-1-9-19-13(17)8-6-12(16)4-2-10-20-14(18)7-5-11/h5-8H,1-4,9-10H2/b7-5+,8-6+. The van der Waals surface area contributed by atoms with Gasteiger partial charge in [0.05, 0.1) is 13.2 Å². The molecule has 6 nitrogen and oxygen atoms in total. The molecule has 0 aliphatic carbocycles. The normalized spacial score (nSPS) is 22.8. The fourth-order valence-electron chi connectivity index (χ4n) is 1.42. The molecule has 108 valence electrons. The number of hydrogen-bond donors (Lipinski definition) is 0. The first-order valence-electron chi connectivity index (χ1n) is 6.33. The van der Waals surface area contributed by atoms with E-state index < -0.39 is 11.9 Å². The molecule has 0 amide bonds. The topological polar surface area (TPSA) is 86.7 Å². The minimum absolute atomic E-state index is 0.0847. The Kier molecular flexibility index (Phi) is 6.95. The third-order valence-corrected chi connectivity index (χ3v) is 2.43. The van der Waals surface area contributed by atoms with E-state index in [1.54, 1.807) is 0 Å². The largest absolute Gasteiger partial charge is 0.463 e. The molecule has 0 bridgehead atoms. The van der Waals surface area contributed by atoms with Gasteiger partial charge in [0, 0.05) is 25.0 Å². The number of cyclic esters (lactones) is 2. The van der Waals surface area contributed by atoms with Crippen LogP contribution in [0.2, 0.25) is 0 Å². The van der Waals surface area contributed by atoms with Gasteiger partial charge in [0.1, 0.15) is 0 Å². The van der Waals surface area contributed by atoms with Crippen LogP contribution in [-0.4, -0.2) is 36.7 Å². The maximum absolute atomic E-state index is 11.4. The zero-order valence-corrected chi connectivity index (χ0v) is 11.0. The molecule has 0 aromatic heterocycles. The number of rotatable bonds is 0. The van der Waals surface area contributed by atoms with Crippen LogP contribution in [0.3, 0.4) is 0 Å². The summed E-state index contributed by atoms with van der Waals surface area (Å²) in [5.41, 5.74) is 0. The van der Waals surface area contributed by atoms with E-state index in [1.165, 1.54) is 0 Å². The second kappa shape index (κ2) is 8.79. The number of esters is 2. The third-order valence-electron chi connectivity index (χ3n) is 2.43. The van der Waals surface area contributed by atoms with Crippen molar-refractivity contribution in [2.24, 2.45) is 0 Å². The molecule has 0 atom stereocenters. The Balaban J connectivity index is 2.57. The summed E-state index contributed by atoms with van der Waals surface area (Å²) in [6.07, 6.45) is 5.43. The molecule has 0 aromatic carbocycles. The van der Waals surface area contributed by atoms with Gasteiger partial charge < -0.3 is 9.47 Å². The van der Waals surface area contributed by atoms with Crippen LogP contribution in [0.15, 0.2) is 24.3 Å². The zero-order valence-electron chi connectivity index (χ0n) is 11.0. The van der Waals surface area contributed by atoms with Gasteiger partial charge >= 0.3 is 11.9 Å². The van der Waals surface area contributed by atoms with E-state index in [0.29, 0.717) is 12.8 Å². The van der Waals surface area contributed by atoms with Gasteiger partial charge in [-0.05, 0) is 25.0 Å². The quantitative estimate of drug-likeness (QED) is 0.613. The maximum atomic E-state index is 11.4. The van der Waals surface area contributed by atoms with E-state index in [9.17, 15) is 19.2 Å². The molecule has 1 aliphatic heterocycles. The summed E-state index contributed by atoms with van der Waals surface area (Å²) in [7, 11) is 0. The van der Waals surface area contributed by atoms with Gasteiger partial charge in [-0.1, -0.05) is 0 Å². The number of carbonyl (C=O) groups excluding carboxylic acids is 4. The van der Waals surface area contributed by atoms with Crippen molar-refractivity contribution in [2.45, 2.75) is 25.7 Å². The van der Waals surface area contributed by atoms with Crippen LogP contribution in [0, 0.1) is 0 Å². The SMILES string of the molecule is O=C1/C=C/C(=O)OCCCC(=O)/C=C/C(=O)OCCC1. The lowest BCUT2D eigenvalue weighted by Crippen LogP contribution is -2.08. The molecule has 0 N–H and O–H groups in total. The smallest absolute Gasteiger partial charge is 0.330 e. The Labute approximate surface area is 116 Å². The summed E-state index contributed by atoms with van der Waals surface area (Å²) in [5, 5.41) is 0. The van der Waals surface area contributed by atoms with E-state index >= 15 is 0 Å². The summed E-state index contributed by atoms with van der Waals surface area (Å²) < 4.78 is 9.63. The molecule has 0 saturated carbocycles. The average molecular weight is 280 g/mol. The van der Waals surface area contributed by atoms with Crippen molar-refractivity contribution in [1.29, 1.82) is 0 Å². The van der Waals surface area contributed by atoms with Crippen molar-refractivity contribution in [3.63, 3.8) is 0 Å². The van der Waals surface area contributed by atoms with Crippen molar-refractivity contribution < 1.29 is 28.7 Å². The molecule has 0 fully saturated rings. The molecule has 1 rings (SSSR count). The summed E-state index contributed by atoms with van der Waals surface area (Å²) in [4.78, 5) is 45.1. The highest BCUT2D eigenvalue weighted by molar-refractivity contribution is 5.96. The summed E-state index contributed by atoms with van der Waals surface area (Å²) in [6, 6.07) is 0. The predicted molar refractivity (Wildman–Crippen MR) is 68.7 cm³/mol. The molecule has 0 spiro atoms. The van der Waals surface area contributed by atoms with Crippen LogP contribution in [0.5, 0.6) is 0 Å². The first kappa shape index (κ1) is 15.8. The van der Waals surface area contributed by atoms with Crippen molar-refractivity contribution in [1.82, 2.24) is 0 Å². The lowest BCUT2D eigenvalue weighted by Gasteiger charge is -2.02. The lowest BCUT2D eigenvalue weighted by atomic mass is 10.2. The van der Waals surface area contributed by atoms with Crippen molar-refractivity contribution in [3.05, 3.63) is 24.3 Å². The van der Waals surface area contributed by atoms with Crippen LogP contribution >= 0.6 is 0 Å². The third kappa shape index (κ3) is 7.25. The number of ether oxygens (including phenoxy) is 2. The number of hydrogen-bond acceptors (Lipinski definition) is 6. The lowest BCUT2D eigenvalue weighted by molar-refractivity contribution is -0.138. The second-order valence-electron chi connectivity index (χ2n) is 4.14. The Morgan fingerprint density at radius 2 is 1.05 bits per heavy atom. The number of carbonyl (C=O) groups is 4. The molecule has 0 unspecified atom stereocenters. The fraction of sp³-hybridized carbons (Fsp3) is 0.429. The van der Waals surface area contributed by atoms with E-state index in [4.69, 9.17) is 9.47 Å². The van der Waals surface area contributed by atoms with Gasteiger partial charge in [0.2, 0.25) is 0 Å². The highest BCUT2D eigenvalue weighted by Crippen LogP contribution is 1.99. The summed E-state index contributed by atoms with van der Waals surface area (Å²) in [6.45, 7) is 0.169. The molecule has 0 aromatic rings. The van der Waals surface area contributed by atoms with Crippen molar-refractivity contribution in [2.75, 3.05) is 13.2 Å². The highest BCUT2D eigenvalue weighted by Gasteiger charge is 2.05. The first-order valence-corrected chi connectivity index (χ1v) is 6.33. The highest BCUT2D eigenvalue weighted by atomic mass is 16.5. The second-order valence-corrected chi connectivity index (χ2v) is 4.14. The van der Waals surface area contributed by atoms with E-state index in [1.807, 2.05) is 0 Å². The molecule has 6 heteroatoms. The van der Waals surface area contributed by atoms with Gasteiger partial charge in [0.15, 0.2) is 11.6 Å². The van der Waals surface area contributed by atoms with Crippen LogP contribution in [0.1, 0.15) is 25.7 Å². The average Bonchev–Trinajstić information content (AvgIpc) is 2.42. The van der Waals surface area contributed by atoms with Crippen LogP contribution in [0.4, 0.5) is 0 Å². The maximum Gasteiger partial charge on any atom is 0.330 e. The summed E-state index contributed by atoms with van der Waals surface area (Å²) >= 11 is 0. The molecular weight excluding hydrogens is 264 g/mol. The zero-order chi connectivity index (χ0) is 14.8. The molecule has 0 radical (unpaired) electrons. The Morgan fingerprint density at radius 1 is 0.650 bits per heavy atom. The first-order chi connectivity index (χ1) is 9.58. The van der Waals surface area contributed by atoms with E-state index in [0.717, 1.165) is 24.3 Å². The molecule has 1 heterocycles. The molecular formula is C14H16O6. The van der Waals surface area contributed by atoms with Crippen LogP contribution in [0.25, 0.3) is 0 Å². The van der Waals surface area contributed by atoms with Crippen molar-refractivity contribution in [3.8, 4) is 0 Å². The number of allylic oxidation sites excluding steroid dienone is 2. The number of ketones is 2. The van der Waals surface area contributed by atoms with Gasteiger partial charge in [-0.3, -0.25) is 9.59 Å². The fourth-order valence-corrected chi connectivity index (χ4v) is 1.42. The Morgan fingerprint density at radius 3 is 1.45 bits per heavy atom. The van der Waals surface area contributed by atoms with Gasteiger partial charge in [-0.2, -0.15) is 0 Å². The summed E-state index contributed by atoms with van der Waals surface area (Å²) in [5.74, 6) is -1.70. The van der Waals surface area contributed by atoms with Gasteiger partial charge in [-0.15, -0.1) is 0 Å². The van der Waals surface area contributed by atoms with E-state index in [2.05, 4.69) is 0 Å². The van der Waals surface area contributed by atoms with Crippen LogP contribution in [-0.2, 0) is 28.7 Å². The van der Waals surface area contributed by atoms with Gasteiger partial charge in [-0.25, -0.2) is 9.59 Å². The predicted octanol–water partition coefficient (Wildman–Crippen LogP) is 0.897. The minimum atomic E-state index is -0.611. The molecule has 1 aliphatic rings. The Hall–Kier alpha value is -2.24. The Bertz CT molecular complexity index is 365.